The molecule has 0 fully saturated rings. The van der Waals surface area contributed by atoms with Crippen LogP contribution in [0.5, 0.6) is 0 Å². The van der Waals surface area contributed by atoms with Crippen molar-refractivity contribution in [2.75, 3.05) is 28.4 Å². The number of hydrogen-bond donors (Lipinski definition) is 0. The molecule has 6 nitrogen and oxygen atoms in total. The van der Waals surface area contributed by atoms with Crippen LogP contribution in [-0.2, 0) is 28.5 Å². The Labute approximate surface area is 83.0 Å². The molecule has 6 heteroatoms. The number of carbonyl (C=O) groups excluding carboxylic acids is 1. The first-order valence-corrected chi connectivity index (χ1v) is 3.91. The quantitative estimate of drug-likeness (QED) is 0.456. The highest BCUT2D eigenvalue weighted by molar-refractivity contribution is 5.66. The van der Waals surface area contributed by atoms with Gasteiger partial charge in [-0.2, -0.15) is 0 Å². The van der Waals surface area contributed by atoms with E-state index < -0.39 is 18.2 Å². The molecule has 0 bridgehead atoms. The first kappa shape index (κ1) is 13.3. The number of hydrogen-bond acceptors (Lipinski definition) is 6. The molecule has 0 aliphatic heterocycles. The van der Waals surface area contributed by atoms with Gasteiger partial charge in [0, 0.05) is 35.4 Å². The maximum atomic E-state index is 10.7. The molecule has 0 saturated carbocycles. The monoisotopic (exact) mass is 208 g/mol. The van der Waals surface area contributed by atoms with Crippen molar-refractivity contribution in [2.45, 2.75) is 19.2 Å². The Morgan fingerprint density at radius 2 is 1.50 bits per heavy atom. The van der Waals surface area contributed by atoms with Crippen LogP contribution < -0.4 is 0 Å². The summed E-state index contributed by atoms with van der Waals surface area (Å²) >= 11 is 0. The zero-order chi connectivity index (χ0) is 11.2. The first-order valence-electron chi connectivity index (χ1n) is 3.91. The van der Waals surface area contributed by atoms with Crippen molar-refractivity contribution in [1.29, 1.82) is 0 Å². The molecule has 0 amide bonds. The van der Waals surface area contributed by atoms with Crippen LogP contribution in [0.25, 0.3) is 0 Å². The van der Waals surface area contributed by atoms with E-state index in [4.69, 9.17) is 23.7 Å². The topological polar surface area (TPSA) is 63.2 Å². The average Bonchev–Trinajstić information content (AvgIpc) is 2.19. The van der Waals surface area contributed by atoms with Crippen LogP contribution in [0, 0.1) is 0 Å². The molecule has 0 aliphatic carbocycles. The van der Waals surface area contributed by atoms with Crippen molar-refractivity contribution in [1.82, 2.24) is 0 Å². The van der Waals surface area contributed by atoms with Gasteiger partial charge in [0.15, 0.2) is 0 Å². The van der Waals surface area contributed by atoms with E-state index in [0.717, 1.165) is 0 Å². The smallest absolute Gasteiger partial charge is 0.348 e. The van der Waals surface area contributed by atoms with Crippen molar-refractivity contribution in [2.24, 2.45) is 0 Å². The van der Waals surface area contributed by atoms with E-state index >= 15 is 0 Å². The van der Waals surface area contributed by atoms with Crippen molar-refractivity contribution in [3.05, 3.63) is 0 Å². The molecule has 0 radical (unpaired) electrons. The lowest BCUT2D eigenvalue weighted by molar-refractivity contribution is -0.426. The largest absolute Gasteiger partial charge is 0.427 e. The van der Waals surface area contributed by atoms with E-state index in [2.05, 4.69) is 0 Å². The van der Waals surface area contributed by atoms with E-state index in [1.165, 1.54) is 35.4 Å². The molecule has 0 aromatic rings. The maximum absolute atomic E-state index is 10.7. The highest BCUT2D eigenvalue weighted by Gasteiger charge is 2.43. The Hall–Kier alpha value is -0.690. The number of carbonyl (C=O) groups is 1. The number of rotatable bonds is 6. The summed E-state index contributed by atoms with van der Waals surface area (Å²) in [5.74, 6) is -2.06. The maximum Gasteiger partial charge on any atom is 0.348 e. The molecule has 0 saturated heterocycles. The van der Waals surface area contributed by atoms with E-state index in [9.17, 15) is 4.79 Å². The lowest BCUT2D eigenvalue weighted by Crippen LogP contribution is -2.50. The fraction of sp³-hybridized carbons (Fsp3) is 0.875. The van der Waals surface area contributed by atoms with Crippen LogP contribution in [-0.4, -0.2) is 46.7 Å². The second kappa shape index (κ2) is 5.92. The predicted octanol–water partition coefficient (Wildman–Crippen LogP) is 0.115. The van der Waals surface area contributed by atoms with Gasteiger partial charge in [-0.1, -0.05) is 0 Å². The second-order valence-electron chi connectivity index (χ2n) is 2.39. The zero-order valence-corrected chi connectivity index (χ0v) is 9.03. The van der Waals surface area contributed by atoms with Crippen LogP contribution in [0.2, 0.25) is 0 Å². The molecule has 0 heterocycles. The summed E-state index contributed by atoms with van der Waals surface area (Å²) < 4.78 is 24.5. The van der Waals surface area contributed by atoms with E-state index in [1.54, 1.807) is 0 Å². The first-order chi connectivity index (χ1) is 6.56. The Morgan fingerprint density at radius 3 is 1.71 bits per heavy atom. The third kappa shape index (κ3) is 2.91. The molecule has 14 heavy (non-hydrogen) atoms. The van der Waals surface area contributed by atoms with Crippen LogP contribution in [0.4, 0.5) is 0 Å². The van der Waals surface area contributed by atoms with Gasteiger partial charge in [0.05, 0.1) is 0 Å². The summed E-state index contributed by atoms with van der Waals surface area (Å²) in [4.78, 5) is 10.7. The van der Waals surface area contributed by atoms with Crippen molar-refractivity contribution in [3.63, 3.8) is 0 Å². The molecule has 0 aromatic carbocycles. The van der Waals surface area contributed by atoms with E-state index in [1.807, 2.05) is 0 Å². The molecular formula is C8H16O6. The fourth-order valence-electron chi connectivity index (χ4n) is 0.954. The number of esters is 1. The van der Waals surface area contributed by atoms with Gasteiger partial charge in [-0.25, -0.2) is 0 Å². The fourth-order valence-corrected chi connectivity index (χ4v) is 0.954. The lowest BCUT2D eigenvalue weighted by atomic mass is 10.5. The van der Waals surface area contributed by atoms with Gasteiger partial charge in [-0.15, -0.1) is 0 Å². The third-order valence-electron chi connectivity index (χ3n) is 1.63. The predicted molar refractivity (Wildman–Crippen MR) is 46.3 cm³/mol. The van der Waals surface area contributed by atoms with Gasteiger partial charge >= 0.3 is 11.9 Å². The molecule has 84 valence electrons. The van der Waals surface area contributed by atoms with Gasteiger partial charge in [-0.3, -0.25) is 4.79 Å². The molecule has 1 atom stereocenters. The third-order valence-corrected chi connectivity index (χ3v) is 1.63. The minimum Gasteiger partial charge on any atom is -0.427 e. The molecule has 1 unspecified atom stereocenters. The van der Waals surface area contributed by atoms with Crippen LogP contribution >= 0.6 is 0 Å². The Balaban J connectivity index is 4.64. The van der Waals surface area contributed by atoms with Gasteiger partial charge in [-0.05, 0) is 0 Å². The number of ether oxygens (including phenoxy) is 5. The van der Waals surface area contributed by atoms with Gasteiger partial charge in [0.25, 0.3) is 6.29 Å². The standard InChI is InChI=1S/C8H16O6/c1-6(9)14-7(10-2)8(11-3,12-4)13-5/h7H,1-5H3. The highest BCUT2D eigenvalue weighted by atomic mass is 16.9. The molecule has 0 rings (SSSR count). The summed E-state index contributed by atoms with van der Waals surface area (Å²) in [7, 11) is 5.40. The summed E-state index contributed by atoms with van der Waals surface area (Å²) in [5.41, 5.74) is 0. The van der Waals surface area contributed by atoms with Crippen molar-refractivity contribution < 1.29 is 28.5 Å². The number of methoxy groups -OCH3 is 4. The second-order valence-corrected chi connectivity index (χ2v) is 2.39. The minimum absolute atomic E-state index is 0.521. The average molecular weight is 208 g/mol. The summed E-state index contributed by atoms with van der Waals surface area (Å²) in [6.45, 7) is 1.25. The summed E-state index contributed by atoms with van der Waals surface area (Å²) in [6.07, 6.45) is -1.08. The molecule has 0 N–H and O–H groups in total. The Bertz CT molecular complexity index is 168. The Morgan fingerprint density at radius 1 is 1.07 bits per heavy atom. The SMILES string of the molecule is COC(OC(C)=O)C(OC)(OC)OC. The van der Waals surface area contributed by atoms with Crippen molar-refractivity contribution in [3.8, 4) is 0 Å². The van der Waals surface area contributed by atoms with Gasteiger partial charge < -0.3 is 23.7 Å². The molecule has 0 aromatic heterocycles. The van der Waals surface area contributed by atoms with Crippen LogP contribution in [0.15, 0.2) is 0 Å². The van der Waals surface area contributed by atoms with E-state index in [-0.39, 0.29) is 0 Å². The van der Waals surface area contributed by atoms with E-state index in [0.29, 0.717) is 0 Å². The Kier molecular flexibility index (Phi) is 5.63. The highest BCUT2D eigenvalue weighted by Crippen LogP contribution is 2.21. The molecular weight excluding hydrogens is 192 g/mol. The minimum atomic E-state index is -1.54. The lowest BCUT2D eigenvalue weighted by Gasteiger charge is -2.33. The van der Waals surface area contributed by atoms with Gasteiger partial charge in [0.1, 0.15) is 0 Å². The zero-order valence-electron chi connectivity index (χ0n) is 9.03. The summed E-state index contributed by atoms with van der Waals surface area (Å²) in [5, 5.41) is 0. The van der Waals surface area contributed by atoms with Crippen LogP contribution in [0.1, 0.15) is 6.92 Å². The molecule has 0 spiro atoms. The molecule has 0 aliphatic rings. The van der Waals surface area contributed by atoms with Gasteiger partial charge in [0.2, 0.25) is 0 Å². The van der Waals surface area contributed by atoms with Crippen molar-refractivity contribution >= 4 is 5.97 Å². The summed E-state index contributed by atoms with van der Waals surface area (Å²) in [6, 6.07) is 0. The van der Waals surface area contributed by atoms with Crippen LogP contribution in [0.3, 0.4) is 0 Å². The normalized spacial score (nSPS) is 13.8.